The fourth-order valence-corrected chi connectivity index (χ4v) is 1.87. The highest BCUT2D eigenvalue weighted by Gasteiger charge is 2.16. The van der Waals surface area contributed by atoms with Crippen molar-refractivity contribution in [3.63, 3.8) is 0 Å². The van der Waals surface area contributed by atoms with Gasteiger partial charge in [0.1, 0.15) is 11.4 Å². The first-order chi connectivity index (χ1) is 8.58. The normalized spacial score (nSPS) is 10.3. The molecule has 2 aromatic rings. The van der Waals surface area contributed by atoms with Crippen LogP contribution in [-0.4, -0.2) is 15.9 Å². The summed E-state index contributed by atoms with van der Waals surface area (Å²) in [4.78, 5) is 19.1. The lowest BCUT2D eigenvalue weighted by molar-refractivity contribution is 0.0999. The van der Waals surface area contributed by atoms with E-state index in [1.54, 1.807) is 0 Å². The van der Waals surface area contributed by atoms with Gasteiger partial charge < -0.3 is 11.5 Å². The summed E-state index contributed by atoms with van der Waals surface area (Å²) in [7, 11) is 0. The number of rotatable bonds is 3. The Hall–Kier alpha value is -2.14. The van der Waals surface area contributed by atoms with Crippen LogP contribution in [-0.2, 0) is 6.42 Å². The van der Waals surface area contributed by atoms with Gasteiger partial charge in [0.2, 0.25) is 5.28 Å². The standard InChI is InChI=1S/C12H11ClN4O/c13-12-16-8(6-7-4-2-1-3-5-7)9(11(15)18)10(14)17-12/h1-5H,6H2,(H2,15,18)(H2,14,16,17). The predicted molar refractivity (Wildman–Crippen MR) is 69.2 cm³/mol. The van der Waals surface area contributed by atoms with E-state index in [0.29, 0.717) is 12.1 Å². The summed E-state index contributed by atoms with van der Waals surface area (Å²) in [5.41, 5.74) is 12.5. The Morgan fingerprint density at radius 3 is 2.50 bits per heavy atom. The smallest absolute Gasteiger partial charge is 0.254 e. The maximum absolute atomic E-state index is 11.4. The molecule has 5 nitrogen and oxygen atoms in total. The molecule has 0 saturated heterocycles. The monoisotopic (exact) mass is 262 g/mol. The minimum atomic E-state index is -0.657. The molecule has 92 valence electrons. The Labute approximate surface area is 109 Å². The number of amides is 1. The van der Waals surface area contributed by atoms with Gasteiger partial charge in [-0.25, -0.2) is 9.97 Å². The maximum Gasteiger partial charge on any atom is 0.254 e. The van der Waals surface area contributed by atoms with E-state index in [2.05, 4.69) is 9.97 Å². The zero-order chi connectivity index (χ0) is 13.1. The molecule has 1 amide bonds. The molecule has 0 atom stereocenters. The number of aromatic nitrogens is 2. The van der Waals surface area contributed by atoms with Crippen LogP contribution in [0, 0.1) is 0 Å². The zero-order valence-corrected chi connectivity index (χ0v) is 10.2. The van der Waals surface area contributed by atoms with Gasteiger partial charge in [0.05, 0.1) is 5.69 Å². The molecule has 0 aliphatic carbocycles. The van der Waals surface area contributed by atoms with Gasteiger partial charge in [-0.15, -0.1) is 0 Å². The maximum atomic E-state index is 11.4. The number of anilines is 1. The van der Waals surface area contributed by atoms with Crippen molar-refractivity contribution in [2.45, 2.75) is 6.42 Å². The van der Waals surface area contributed by atoms with E-state index < -0.39 is 5.91 Å². The SMILES string of the molecule is NC(=O)c1c(N)nc(Cl)nc1Cc1ccccc1. The largest absolute Gasteiger partial charge is 0.383 e. The lowest BCUT2D eigenvalue weighted by Gasteiger charge is -2.08. The van der Waals surface area contributed by atoms with Crippen molar-refractivity contribution in [3.8, 4) is 0 Å². The van der Waals surface area contributed by atoms with Crippen molar-refractivity contribution in [1.29, 1.82) is 0 Å². The van der Waals surface area contributed by atoms with Gasteiger partial charge in [0.15, 0.2) is 0 Å². The van der Waals surface area contributed by atoms with Crippen molar-refractivity contribution in [2.24, 2.45) is 5.73 Å². The van der Waals surface area contributed by atoms with Crippen LogP contribution < -0.4 is 11.5 Å². The number of benzene rings is 1. The third kappa shape index (κ3) is 2.57. The molecule has 0 radical (unpaired) electrons. The number of halogens is 1. The molecule has 0 saturated carbocycles. The molecule has 1 aromatic carbocycles. The van der Waals surface area contributed by atoms with Gasteiger partial charge in [-0.3, -0.25) is 4.79 Å². The lowest BCUT2D eigenvalue weighted by Crippen LogP contribution is -2.19. The molecule has 0 fully saturated rings. The molecule has 0 bridgehead atoms. The van der Waals surface area contributed by atoms with E-state index in [-0.39, 0.29) is 16.7 Å². The van der Waals surface area contributed by atoms with Crippen LogP contribution in [0.4, 0.5) is 5.82 Å². The Kier molecular flexibility index (Phi) is 3.43. The summed E-state index contributed by atoms with van der Waals surface area (Å²) in [6, 6.07) is 9.52. The van der Waals surface area contributed by atoms with Gasteiger partial charge >= 0.3 is 0 Å². The molecule has 4 N–H and O–H groups in total. The van der Waals surface area contributed by atoms with Crippen LogP contribution in [0.3, 0.4) is 0 Å². The second kappa shape index (κ2) is 5.01. The predicted octanol–water partition coefficient (Wildman–Crippen LogP) is 1.40. The number of carbonyl (C=O) groups excluding carboxylic acids is 1. The zero-order valence-electron chi connectivity index (χ0n) is 9.43. The molecular formula is C12H11ClN4O. The van der Waals surface area contributed by atoms with Crippen molar-refractivity contribution >= 4 is 23.3 Å². The van der Waals surface area contributed by atoms with Crippen LogP contribution in [0.5, 0.6) is 0 Å². The van der Waals surface area contributed by atoms with E-state index in [4.69, 9.17) is 23.1 Å². The summed E-state index contributed by atoms with van der Waals surface area (Å²) in [5, 5.41) is 0.00318. The van der Waals surface area contributed by atoms with Crippen molar-refractivity contribution in [2.75, 3.05) is 5.73 Å². The number of hydrogen-bond donors (Lipinski definition) is 2. The molecule has 2 rings (SSSR count). The fraction of sp³-hybridized carbons (Fsp3) is 0.0833. The highest BCUT2D eigenvalue weighted by Crippen LogP contribution is 2.18. The minimum Gasteiger partial charge on any atom is -0.383 e. The number of primary amides is 1. The number of nitrogen functional groups attached to an aromatic ring is 1. The molecule has 0 aliphatic heterocycles. The molecule has 1 heterocycles. The van der Waals surface area contributed by atoms with E-state index in [0.717, 1.165) is 5.56 Å². The molecule has 0 spiro atoms. The molecule has 0 unspecified atom stereocenters. The van der Waals surface area contributed by atoms with E-state index in [9.17, 15) is 4.79 Å². The van der Waals surface area contributed by atoms with E-state index >= 15 is 0 Å². The summed E-state index contributed by atoms with van der Waals surface area (Å²) < 4.78 is 0. The Morgan fingerprint density at radius 2 is 1.89 bits per heavy atom. The van der Waals surface area contributed by atoms with Crippen LogP contribution in [0.2, 0.25) is 5.28 Å². The van der Waals surface area contributed by atoms with Crippen LogP contribution in [0.15, 0.2) is 30.3 Å². The van der Waals surface area contributed by atoms with Crippen molar-refractivity contribution < 1.29 is 4.79 Å². The second-order valence-corrected chi connectivity index (χ2v) is 4.06. The van der Waals surface area contributed by atoms with Gasteiger partial charge in [-0.1, -0.05) is 30.3 Å². The highest BCUT2D eigenvalue weighted by molar-refractivity contribution is 6.28. The highest BCUT2D eigenvalue weighted by atomic mass is 35.5. The van der Waals surface area contributed by atoms with Crippen LogP contribution >= 0.6 is 11.6 Å². The average Bonchev–Trinajstić information content (AvgIpc) is 2.28. The summed E-state index contributed by atoms with van der Waals surface area (Å²) >= 11 is 5.74. The van der Waals surface area contributed by atoms with E-state index in [1.807, 2.05) is 30.3 Å². The second-order valence-electron chi connectivity index (χ2n) is 3.73. The number of hydrogen-bond acceptors (Lipinski definition) is 4. The first-order valence-corrected chi connectivity index (χ1v) is 5.61. The molecule has 1 aromatic heterocycles. The Bertz CT molecular complexity index is 586. The van der Waals surface area contributed by atoms with E-state index in [1.165, 1.54) is 0 Å². The first-order valence-electron chi connectivity index (χ1n) is 5.23. The van der Waals surface area contributed by atoms with Crippen molar-refractivity contribution in [3.05, 3.63) is 52.4 Å². The number of carbonyl (C=O) groups is 1. The van der Waals surface area contributed by atoms with Crippen LogP contribution in [0.1, 0.15) is 21.6 Å². The number of nitrogens with zero attached hydrogens (tertiary/aromatic N) is 2. The van der Waals surface area contributed by atoms with Gasteiger partial charge in [0, 0.05) is 6.42 Å². The van der Waals surface area contributed by atoms with Gasteiger partial charge in [-0.05, 0) is 17.2 Å². The first kappa shape index (κ1) is 12.3. The molecule has 0 aliphatic rings. The summed E-state index contributed by atoms with van der Waals surface area (Å²) in [6.07, 6.45) is 0.422. The molecule has 6 heteroatoms. The third-order valence-corrected chi connectivity index (χ3v) is 2.61. The lowest BCUT2D eigenvalue weighted by atomic mass is 10.1. The quantitative estimate of drug-likeness (QED) is 0.818. The summed E-state index contributed by atoms with van der Waals surface area (Å²) in [6.45, 7) is 0. The topological polar surface area (TPSA) is 94.9 Å². The third-order valence-electron chi connectivity index (χ3n) is 2.45. The average molecular weight is 263 g/mol. The van der Waals surface area contributed by atoms with Crippen LogP contribution in [0.25, 0.3) is 0 Å². The summed E-state index contributed by atoms with van der Waals surface area (Å²) in [5.74, 6) is -0.650. The fourth-order valence-electron chi connectivity index (χ4n) is 1.68. The molecule has 18 heavy (non-hydrogen) atoms. The number of nitrogens with two attached hydrogens (primary N) is 2. The van der Waals surface area contributed by atoms with Crippen molar-refractivity contribution in [1.82, 2.24) is 9.97 Å². The Balaban J connectivity index is 2.46. The van der Waals surface area contributed by atoms with Gasteiger partial charge in [0.25, 0.3) is 5.91 Å². The molecular weight excluding hydrogens is 252 g/mol. The minimum absolute atomic E-state index is 0.00318. The Morgan fingerprint density at radius 1 is 1.22 bits per heavy atom. The van der Waals surface area contributed by atoms with Gasteiger partial charge in [-0.2, -0.15) is 0 Å².